The number of rotatable bonds is 3. The maximum atomic E-state index is 10.9. The van der Waals surface area contributed by atoms with Gasteiger partial charge in [0.15, 0.2) is 0 Å². The Bertz CT molecular complexity index is 622. The number of hydrogen-bond donors (Lipinski definition) is 1. The van der Waals surface area contributed by atoms with Crippen LogP contribution in [0.1, 0.15) is 0 Å². The number of anilines is 1. The lowest BCUT2D eigenvalue weighted by molar-refractivity contribution is -0.119. The quantitative estimate of drug-likeness (QED) is 0.865. The molecule has 0 unspecified atom stereocenters. The van der Waals surface area contributed by atoms with Crippen LogP contribution in [0, 0.1) is 0 Å². The molecule has 1 amide bonds. The van der Waals surface area contributed by atoms with Gasteiger partial charge in [0, 0.05) is 26.2 Å². The van der Waals surface area contributed by atoms with Crippen LogP contribution < -0.4 is 10.6 Å². The van der Waals surface area contributed by atoms with Gasteiger partial charge in [-0.2, -0.15) is 0 Å². The standard InChI is InChI=1S/C14H17N5O/c15-13(20)10-18-5-7-19(8-6-18)14-9-16-11-3-1-2-4-12(11)17-14/h1-4,9H,5-8,10H2,(H2,15,20). The van der Waals surface area contributed by atoms with E-state index in [0.717, 1.165) is 43.0 Å². The third-order valence-corrected chi connectivity index (χ3v) is 3.51. The average molecular weight is 271 g/mol. The third-order valence-electron chi connectivity index (χ3n) is 3.51. The van der Waals surface area contributed by atoms with Crippen molar-refractivity contribution in [3.05, 3.63) is 30.5 Å². The molecule has 3 rings (SSSR count). The molecule has 0 atom stereocenters. The highest BCUT2D eigenvalue weighted by atomic mass is 16.1. The van der Waals surface area contributed by atoms with Crippen LogP contribution in [0.15, 0.2) is 30.5 Å². The van der Waals surface area contributed by atoms with Crippen LogP contribution in [0.5, 0.6) is 0 Å². The first-order chi connectivity index (χ1) is 9.72. The van der Waals surface area contributed by atoms with Crippen molar-refractivity contribution in [1.82, 2.24) is 14.9 Å². The molecule has 20 heavy (non-hydrogen) atoms. The Hall–Kier alpha value is -2.21. The van der Waals surface area contributed by atoms with Gasteiger partial charge >= 0.3 is 0 Å². The lowest BCUT2D eigenvalue weighted by Crippen LogP contribution is -2.49. The van der Waals surface area contributed by atoms with Gasteiger partial charge in [-0.3, -0.25) is 14.7 Å². The van der Waals surface area contributed by atoms with Crippen LogP contribution in [0.3, 0.4) is 0 Å². The van der Waals surface area contributed by atoms with E-state index in [4.69, 9.17) is 5.73 Å². The van der Waals surface area contributed by atoms with Crippen LogP contribution >= 0.6 is 0 Å². The van der Waals surface area contributed by atoms with Crippen molar-refractivity contribution >= 4 is 22.8 Å². The normalized spacial score (nSPS) is 16.5. The molecule has 2 N–H and O–H groups in total. The number of carbonyl (C=O) groups excluding carboxylic acids is 1. The summed E-state index contributed by atoms with van der Waals surface area (Å²) in [6.07, 6.45) is 1.81. The van der Waals surface area contributed by atoms with Crippen molar-refractivity contribution in [3.8, 4) is 0 Å². The van der Waals surface area contributed by atoms with E-state index < -0.39 is 0 Å². The largest absolute Gasteiger partial charge is 0.369 e. The zero-order chi connectivity index (χ0) is 13.9. The second-order valence-electron chi connectivity index (χ2n) is 4.95. The second-order valence-corrected chi connectivity index (χ2v) is 4.95. The van der Waals surface area contributed by atoms with E-state index in [1.807, 2.05) is 30.5 Å². The predicted octanol–water partition coefficient (Wildman–Crippen LogP) is 0.237. The van der Waals surface area contributed by atoms with Crippen molar-refractivity contribution in [2.24, 2.45) is 5.73 Å². The minimum Gasteiger partial charge on any atom is -0.369 e. The molecule has 0 aliphatic carbocycles. The second kappa shape index (κ2) is 5.42. The number of benzene rings is 1. The first-order valence-electron chi connectivity index (χ1n) is 6.70. The van der Waals surface area contributed by atoms with E-state index in [1.165, 1.54) is 0 Å². The number of fused-ring (bicyclic) bond motifs is 1. The molecular formula is C14H17N5O. The Balaban J connectivity index is 1.71. The van der Waals surface area contributed by atoms with Gasteiger partial charge in [0.05, 0.1) is 23.8 Å². The van der Waals surface area contributed by atoms with Gasteiger partial charge < -0.3 is 10.6 Å². The Morgan fingerprint density at radius 3 is 2.55 bits per heavy atom. The van der Waals surface area contributed by atoms with Gasteiger partial charge in [0.25, 0.3) is 0 Å². The summed E-state index contributed by atoms with van der Waals surface area (Å²) >= 11 is 0. The monoisotopic (exact) mass is 271 g/mol. The van der Waals surface area contributed by atoms with Crippen LogP contribution in [-0.2, 0) is 4.79 Å². The van der Waals surface area contributed by atoms with Gasteiger partial charge in [0.2, 0.25) is 5.91 Å². The van der Waals surface area contributed by atoms with Gasteiger partial charge in [-0.05, 0) is 12.1 Å². The highest BCUT2D eigenvalue weighted by Gasteiger charge is 2.19. The smallest absolute Gasteiger partial charge is 0.231 e. The number of carbonyl (C=O) groups is 1. The Morgan fingerprint density at radius 1 is 1.15 bits per heavy atom. The molecule has 1 aliphatic heterocycles. The van der Waals surface area contributed by atoms with Crippen molar-refractivity contribution in [2.45, 2.75) is 0 Å². The first kappa shape index (κ1) is 12.8. The molecule has 0 saturated carbocycles. The molecule has 0 radical (unpaired) electrons. The minimum atomic E-state index is -0.274. The summed E-state index contributed by atoms with van der Waals surface area (Å²) in [5, 5.41) is 0. The molecule has 1 aromatic carbocycles. The Kier molecular flexibility index (Phi) is 3.47. The fourth-order valence-electron chi connectivity index (χ4n) is 2.46. The number of piperazine rings is 1. The molecule has 2 aromatic rings. The van der Waals surface area contributed by atoms with Gasteiger partial charge in [-0.25, -0.2) is 4.98 Å². The van der Waals surface area contributed by atoms with Gasteiger partial charge in [-0.15, -0.1) is 0 Å². The summed E-state index contributed by atoms with van der Waals surface area (Å²) in [4.78, 5) is 24.2. The predicted molar refractivity (Wildman–Crippen MR) is 77.4 cm³/mol. The summed E-state index contributed by atoms with van der Waals surface area (Å²) in [6.45, 7) is 3.63. The summed E-state index contributed by atoms with van der Waals surface area (Å²) in [6, 6.07) is 7.84. The van der Waals surface area contributed by atoms with E-state index in [0.29, 0.717) is 6.54 Å². The number of nitrogens with zero attached hydrogens (tertiary/aromatic N) is 4. The maximum Gasteiger partial charge on any atom is 0.231 e. The number of primary amides is 1. The SMILES string of the molecule is NC(=O)CN1CCN(c2cnc3ccccc3n2)CC1. The average Bonchev–Trinajstić information content (AvgIpc) is 2.47. The molecule has 1 aromatic heterocycles. The van der Waals surface area contributed by atoms with E-state index in [-0.39, 0.29) is 5.91 Å². The van der Waals surface area contributed by atoms with Crippen LogP contribution in [-0.4, -0.2) is 53.5 Å². The lowest BCUT2D eigenvalue weighted by atomic mass is 10.3. The summed E-state index contributed by atoms with van der Waals surface area (Å²) in [5.74, 6) is 0.617. The molecule has 1 saturated heterocycles. The van der Waals surface area contributed by atoms with Crippen molar-refractivity contribution < 1.29 is 4.79 Å². The summed E-state index contributed by atoms with van der Waals surface area (Å²) in [7, 11) is 0. The fourth-order valence-corrected chi connectivity index (χ4v) is 2.46. The topological polar surface area (TPSA) is 75.4 Å². The highest BCUT2D eigenvalue weighted by Crippen LogP contribution is 2.16. The zero-order valence-electron chi connectivity index (χ0n) is 11.2. The maximum absolute atomic E-state index is 10.9. The molecule has 0 spiro atoms. The van der Waals surface area contributed by atoms with E-state index in [9.17, 15) is 4.79 Å². The number of para-hydroxylation sites is 2. The number of hydrogen-bond acceptors (Lipinski definition) is 5. The highest BCUT2D eigenvalue weighted by molar-refractivity contribution is 5.76. The number of amides is 1. The lowest BCUT2D eigenvalue weighted by Gasteiger charge is -2.34. The Labute approximate surface area is 117 Å². The third kappa shape index (κ3) is 2.70. The number of nitrogens with two attached hydrogens (primary N) is 1. The molecule has 104 valence electrons. The molecular weight excluding hydrogens is 254 g/mol. The van der Waals surface area contributed by atoms with Crippen LogP contribution in [0.2, 0.25) is 0 Å². The minimum absolute atomic E-state index is 0.274. The van der Waals surface area contributed by atoms with E-state index in [2.05, 4.69) is 19.8 Å². The zero-order valence-corrected chi connectivity index (χ0v) is 11.2. The fraction of sp³-hybridized carbons (Fsp3) is 0.357. The van der Waals surface area contributed by atoms with Crippen molar-refractivity contribution in [3.63, 3.8) is 0 Å². The molecule has 1 fully saturated rings. The molecule has 0 bridgehead atoms. The molecule has 6 heteroatoms. The van der Waals surface area contributed by atoms with Crippen LogP contribution in [0.4, 0.5) is 5.82 Å². The molecule has 2 heterocycles. The molecule has 1 aliphatic rings. The van der Waals surface area contributed by atoms with Gasteiger partial charge in [-0.1, -0.05) is 12.1 Å². The van der Waals surface area contributed by atoms with E-state index in [1.54, 1.807) is 0 Å². The Morgan fingerprint density at radius 2 is 1.85 bits per heavy atom. The number of aromatic nitrogens is 2. The summed E-state index contributed by atoms with van der Waals surface area (Å²) in [5.41, 5.74) is 7.03. The van der Waals surface area contributed by atoms with Crippen molar-refractivity contribution in [1.29, 1.82) is 0 Å². The van der Waals surface area contributed by atoms with Crippen LogP contribution in [0.25, 0.3) is 11.0 Å². The summed E-state index contributed by atoms with van der Waals surface area (Å²) < 4.78 is 0. The molecule has 6 nitrogen and oxygen atoms in total. The van der Waals surface area contributed by atoms with Gasteiger partial charge in [0.1, 0.15) is 5.82 Å². The van der Waals surface area contributed by atoms with Crippen molar-refractivity contribution in [2.75, 3.05) is 37.6 Å². The first-order valence-corrected chi connectivity index (χ1v) is 6.70. The van der Waals surface area contributed by atoms with E-state index >= 15 is 0 Å².